The predicted molar refractivity (Wildman–Crippen MR) is 127 cm³/mol. The number of nitrogens with one attached hydrogen (secondary N) is 2. The number of hydrogen-bond donors (Lipinski definition) is 3. The largest absolute Gasteiger partial charge is 0.456 e. The molecule has 0 radical (unpaired) electrons. The Morgan fingerprint density at radius 3 is 2.48 bits per heavy atom. The number of nitrogens with zero attached hydrogens (tertiary/aromatic N) is 1. The SMILES string of the molecule is O=C(NCS(=O)(=O)O)c1ccc(Oc2ccc(CNCc3csc4ccccc34)cc2)cn1. The van der Waals surface area contributed by atoms with Crippen LogP contribution in [0.15, 0.2) is 72.2 Å². The topological polar surface area (TPSA) is 118 Å². The fourth-order valence-electron chi connectivity index (χ4n) is 3.14. The summed E-state index contributed by atoms with van der Waals surface area (Å²) in [6.07, 6.45) is 1.36. The molecule has 2 aromatic heterocycles. The van der Waals surface area contributed by atoms with Gasteiger partial charge in [0.2, 0.25) is 0 Å². The lowest BCUT2D eigenvalue weighted by atomic mass is 10.1. The molecule has 10 heteroatoms. The van der Waals surface area contributed by atoms with E-state index in [9.17, 15) is 13.2 Å². The molecule has 0 saturated heterocycles. The summed E-state index contributed by atoms with van der Waals surface area (Å²) in [6.45, 7) is 1.51. The zero-order chi connectivity index (χ0) is 23.3. The van der Waals surface area contributed by atoms with Gasteiger partial charge < -0.3 is 15.4 Å². The summed E-state index contributed by atoms with van der Waals surface area (Å²) in [5.74, 6) is -0.549. The maximum absolute atomic E-state index is 11.8. The summed E-state index contributed by atoms with van der Waals surface area (Å²) in [6, 6.07) is 19.0. The lowest BCUT2D eigenvalue weighted by molar-refractivity contribution is 0.0954. The normalized spacial score (nSPS) is 11.4. The Hall–Kier alpha value is -3.31. The molecule has 0 spiro atoms. The fraction of sp³-hybridized carbons (Fsp3) is 0.130. The number of amides is 1. The van der Waals surface area contributed by atoms with E-state index in [1.807, 2.05) is 24.3 Å². The van der Waals surface area contributed by atoms with Crippen molar-refractivity contribution in [2.45, 2.75) is 13.1 Å². The smallest absolute Gasteiger partial charge is 0.283 e. The molecule has 2 heterocycles. The van der Waals surface area contributed by atoms with Gasteiger partial charge in [-0.25, -0.2) is 4.98 Å². The van der Waals surface area contributed by atoms with Gasteiger partial charge in [0.15, 0.2) is 0 Å². The third kappa shape index (κ3) is 6.36. The molecule has 0 aliphatic carbocycles. The summed E-state index contributed by atoms with van der Waals surface area (Å²) >= 11 is 1.75. The van der Waals surface area contributed by atoms with Crippen LogP contribution in [0.5, 0.6) is 11.5 Å². The lowest BCUT2D eigenvalue weighted by Crippen LogP contribution is -2.29. The quantitative estimate of drug-likeness (QED) is 0.309. The second-order valence-electron chi connectivity index (χ2n) is 7.22. The molecule has 4 rings (SSSR count). The summed E-state index contributed by atoms with van der Waals surface area (Å²) < 4.78 is 37.1. The van der Waals surface area contributed by atoms with Gasteiger partial charge >= 0.3 is 0 Å². The molecule has 8 nitrogen and oxygen atoms in total. The molecule has 3 N–H and O–H groups in total. The molecule has 170 valence electrons. The zero-order valence-electron chi connectivity index (χ0n) is 17.4. The van der Waals surface area contributed by atoms with Gasteiger partial charge in [0, 0.05) is 17.8 Å². The van der Waals surface area contributed by atoms with Crippen molar-refractivity contribution < 1.29 is 22.5 Å². The first-order valence-corrected chi connectivity index (χ1v) is 12.5. The summed E-state index contributed by atoms with van der Waals surface area (Å²) in [4.78, 5) is 15.8. The highest BCUT2D eigenvalue weighted by Crippen LogP contribution is 2.25. The van der Waals surface area contributed by atoms with E-state index >= 15 is 0 Å². The molecule has 33 heavy (non-hydrogen) atoms. The van der Waals surface area contributed by atoms with Crippen molar-refractivity contribution in [2.24, 2.45) is 0 Å². The first-order valence-electron chi connectivity index (χ1n) is 9.99. The third-order valence-electron chi connectivity index (χ3n) is 4.75. The van der Waals surface area contributed by atoms with Crippen LogP contribution in [0.3, 0.4) is 0 Å². The van der Waals surface area contributed by atoms with Crippen LogP contribution in [-0.4, -0.2) is 29.7 Å². The molecule has 0 aliphatic rings. The Morgan fingerprint density at radius 1 is 1.00 bits per heavy atom. The molecule has 0 atom stereocenters. The van der Waals surface area contributed by atoms with Crippen LogP contribution in [0.1, 0.15) is 21.6 Å². The number of rotatable bonds is 9. The Balaban J connectivity index is 1.28. The average molecular weight is 484 g/mol. The van der Waals surface area contributed by atoms with Crippen LogP contribution < -0.4 is 15.4 Å². The molecule has 0 fully saturated rings. The fourth-order valence-corrected chi connectivity index (χ4v) is 4.42. The van der Waals surface area contributed by atoms with Gasteiger partial charge in [-0.3, -0.25) is 9.35 Å². The summed E-state index contributed by atoms with van der Waals surface area (Å²) in [5.41, 5.74) is 2.41. The van der Waals surface area contributed by atoms with Crippen molar-refractivity contribution >= 4 is 37.4 Å². The Labute approximate surface area is 195 Å². The Kier molecular flexibility index (Phi) is 6.99. The van der Waals surface area contributed by atoms with Gasteiger partial charge in [-0.05, 0) is 52.2 Å². The van der Waals surface area contributed by atoms with E-state index in [2.05, 4.69) is 45.3 Å². The highest BCUT2D eigenvalue weighted by atomic mass is 32.2. The molecule has 0 bridgehead atoms. The minimum atomic E-state index is -4.29. The van der Waals surface area contributed by atoms with Crippen molar-refractivity contribution in [3.8, 4) is 11.5 Å². The first kappa shape index (κ1) is 22.9. The Bertz CT molecular complexity index is 1350. The molecule has 2 aromatic carbocycles. The second kappa shape index (κ2) is 10.1. The number of ether oxygens (including phenoxy) is 1. The molecule has 1 amide bonds. The van der Waals surface area contributed by atoms with E-state index in [-0.39, 0.29) is 5.69 Å². The highest BCUT2D eigenvalue weighted by Gasteiger charge is 2.11. The minimum Gasteiger partial charge on any atom is -0.456 e. The van der Waals surface area contributed by atoms with Crippen molar-refractivity contribution in [3.05, 3.63) is 89.1 Å². The number of thiophene rings is 1. The van der Waals surface area contributed by atoms with Crippen molar-refractivity contribution in [1.29, 1.82) is 0 Å². The molecule has 4 aromatic rings. The minimum absolute atomic E-state index is 0.00539. The van der Waals surface area contributed by atoms with Crippen LogP contribution in [0.2, 0.25) is 0 Å². The van der Waals surface area contributed by atoms with E-state index < -0.39 is 21.9 Å². The molecule has 0 unspecified atom stereocenters. The van der Waals surface area contributed by atoms with E-state index in [0.29, 0.717) is 11.5 Å². The number of hydrogen-bond acceptors (Lipinski definition) is 7. The molecular weight excluding hydrogens is 462 g/mol. The number of carbonyl (C=O) groups excluding carboxylic acids is 1. The highest BCUT2D eigenvalue weighted by molar-refractivity contribution is 7.85. The summed E-state index contributed by atoms with van der Waals surface area (Å²) in [7, 11) is -4.29. The number of aromatic nitrogens is 1. The second-order valence-corrected chi connectivity index (χ2v) is 9.58. The number of carbonyl (C=O) groups is 1. The standard InChI is InChI=1S/C23H21N3O5S2/c27-23(26-15-33(28,29)30)21-10-9-19(13-25-21)31-18-7-5-16(6-8-18)11-24-12-17-14-32-22-4-2-1-3-20(17)22/h1-10,13-14,24H,11-12,15H2,(H,26,27)(H,28,29,30). The van der Waals surface area contributed by atoms with Gasteiger partial charge in [0.25, 0.3) is 16.0 Å². The number of benzene rings is 2. The van der Waals surface area contributed by atoms with Crippen molar-refractivity contribution in [1.82, 2.24) is 15.6 Å². The van der Waals surface area contributed by atoms with Crippen LogP contribution in [0, 0.1) is 0 Å². The average Bonchev–Trinajstić information content (AvgIpc) is 3.22. The van der Waals surface area contributed by atoms with Gasteiger partial charge in [-0.15, -0.1) is 11.3 Å². The van der Waals surface area contributed by atoms with Crippen molar-refractivity contribution in [2.75, 3.05) is 5.88 Å². The Morgan fingerprint density at radius 2 is 1.76 bits per heavy atom. The van der Waals surface area contributed by atoms with Gasteiger partial charge in [-0.2, -0.15) is 8.42 Å². The van der Waals surface area contributed by atoms with Crippen LogP contribution in [0.25, 0.3) is 10.1 Å². The van der Waals surface area contributed by atoms with Gasteiger partial charge in [0.1, 0.15) is 23.1 Å². The number of fused-ring (bicyclic) bond motifs is 1. The lowest BCUT2D eigenvalue weighted by Gasteiger charge is -2.08. The maximum Gasteiger partial charge on any atom is 0.283 e. The molecule has 0 saturated carbocycles. The van der Waals surface area contributed by atoms with E-state index in [1.165, 1.54) is 27.9 Å². The van der Waals surface area contributed by atoms with Crippen LogP contribution >= 0.6 is 11.3 Å². The van der Waals surface area contributed by atoms with Crippen LogP contribution in [-0.2, 0) is 23.2 Å². The van der Waals surface area contributed by atoms with Gasteiger partial charge in [0.05, 0.1) is 6.20 Å². The third-order valence-corrected chi connectivity index (χ3v) is 6.27. The maximum atomic E-state index is 11.8. The van der Waals surface area contributed by atoms with Crippen molar-refractivity contribution in [3.63, 3.8) is 0 Å². The van der Waals surface area contributed by atoms with Crippen LogP contribution in [0.4, 0.5) is 0 Å². The van der Waals surface area contributed by atoms with E-state index in [1.54, 1.807) is 17.4 Å². The molecular formula is C23H21N3O5S2. The monoisotopic (exact) mass is 483 g/mol. The molecule has 0 aliphatic heterocycles. The first-order chi connectivity index (χ1) is 15.9. The predicted octanol–water partition coefficient (Wildman–Crippen LogP) is 3.95. The van der Waals surface area contributed by atoms with E-state index in [0.717, 1.165) is 18.7 Å². The summed E-state index contributed by atoms with van der Waals surface area (Å²) in [5, 5.41) is 9.00. The van der Waals surface area contributed by atoms with Gasteiger partial charge in [-0.1, -0.05) is 30.3 Å². The number of pyridine rings is 1. The van der Waals surface area contributed by atoms with E-state index in [4.69, 9.17) is 9.29 Å². The zero-order valence-corrected chi connectivity index (χ0v) is 19.0.